The van der Waals surface area contributed by atoms with Crippen LogP contribution in [0.25, 0.3) is 0 Å². The van der Waals surface area contributed by atoms with Crippen LogP contribution in [-0.2, 0) is 10.2 Å². The Bertz CT molecular complexity index is 491. The van der Waals surface area contributed by atoms with E-state index in [9.17, 15) is 9.59 Å². The molecule has 0 aromatic heterocycles. The first kappa shape index (κ1) is 17.6. The number of nitrogens with one attached hydrogen (secondary N) is 1. The highest BCUT2D eigenvalue weighted by Crippen LogP contribution is 2.22. The Kier molecular flexibility index (Phi) is 6.27. The second-order valence-electron chi connectivity index (χ2n) is 5.97. The molecule has 1 atom stereocenters. The fourth-order valence-electron chi connectivity index (χ4n) is 1.86. The molecule has 0 spiro atoms. The molecule has 0 radical (unpaired) electrons. The molecule has 21 heavy (non-hydrogen) atoms. The molecule has 1 aromatic rings. The standard InChI is InChI=1S/C16H23NO3S/c1-16(2,3)12-7-5-11(6-8-12)14(18)17-13(15(19)20)9-10-21-4/h5-8,13H,9-10H2,1-4H3,(H,17,18)(H,19,20)/t13-/m1/s1. The summed E-state index contributed by atoms with van der Waals surface area (Å²) in [6.45, 7) is 6.31. The van der Waals surface area contributed by atoms with Crippen molar-refractivity contribution in [3.05, 3.63) is 35.4 Å². The molecular weight excluding hydrogens is 286 g/mol. The van der Waals surface area contributed by atoms with Crippen molar-refractivity contribution in [2.24, 2.45) is 0 Å². The first-order valence-corrected chi connectivity index (χ1v) is 8.28. The Morgan fingerprint density at radius 1 is 1.24 bits per heavy atom. The lowest BCUT2D eigenvalue weighted by molar-refractivity contribution is -0.139. The maximum absolute atomic E-state index is 12.1. The fraction of sp³-hybridized carbons (Fsp3) is 0.500. The number of carboxylic acids is 1. The molecule has 0 aliphatic carbocycles. The number of amides is 1. The van der Waals surface area contributed by atoms with Gasteiger partial charge in [0.15, 0.2) is 0 Å². The normalized spacial score (nSPS) is 12.8. The molecule has 1 amide bonds. The van der Waals surface area contributed by atoms with E-state index >= 15 is 0 Å². The summed E-state index contributed by atoms with van der Waals surface area (Å²) >= 11 is 1.56. The number of carbonyl (C=O) groups excluding carboxylic acids is 1. The van der Waals surface area contributed by atoms with Gasteiger partial charge in [-0.1, -0.05) is 32.9 Å². The molecule has 0 saturated heterocycles. The van der Waals surface area contributed by atoms with Crippen LogP contribution in [-0.4, -0.2) is 35.0 Å². The SMILES string of the molecule is CSCC[C@@H](NC(=O)c1ccc(C(C)(C)C)cc1)C(=O)O. The average molecular weight is 309 g/mol. The molecule has 0 aliphatic heterocycles. The van der Waals surface area contributed by atoms with Gasteiger partial charge in [-0.25, -0.2) is 4.79 Å². The number of rotatable bonds is 6. The van der Waals surface area contributed by atoms with Crippen LogP contribution in [0.1, 0.15) is 43.1 Å². The molecule has 116 valence electrons. The zero-order valence-electron chi connectivity index (χ0n) is 13.0. The number of thioether (sulfide) groups is 1. The summed E-state index contributed by atoms with van der Waals surface area (Å²) in [6, 6.07) is 6.46. The monoisotopic (exact) mass is 309 g/mol. The smallest absolute Gasteiger partial charge is 0.326 e. The van der Waals surface area contributed by atoms with Gasteiger partial charge < -0.3 is 10.4 Å². The Morgan fingerprint density at radius 2 is 1.81 bits per heavy atom. The molecule has 0 bridgehead atoms. The largest absolute Gasteiger partial charge is 0.480 e. The number of carboxylic acid groups (broad SMARTS) is 1. The zero-order valence-corrected chi connectivity index (χ0v) is 13.8. The van der Waals surface area contributed by atoms with Crippen LogP contribution in [0.3, 0.4) is 0 Å². The molecule has 4 nitrogen and oxygen atoms in total. The van der Waals surface area contributed by atoms with Crippen molar-refractivity contribution < 1.29 is 14.7 Å². The number of aliphatic carboxylic acids is 1. The van der Waals surface area contributed by atoms with Crippen molar-refractivity contribution in [1.29, 1.82) is 0 Å². The van der Waals surface area contributed by atoms with Crippen LogP contribution in [0.2, 0.25) is 0 Å². The fourth-order valence-corrected chi connectivity index (χ4v) is 2.33. The van der Waals surface area contributed by atoms with Crippen molar-refractivity contribution >= 4 is 23.6 Å². The van der Waals surface area contributed by atoms with Crippen LogP contribution in [0.5, 0.6) is 0 Å². The van der Waals surface area contributed by atoms with E-state index in [1.54, 1.807) is 23.9 Å². The van der Waals surface area contributed by atoms with Crippen LogP contribution in [0.15, 0.2) is 24.3 Å². The average Bonchev–Trinajstić information content (AvgIpc) is 2.42. The quantitative estimate of drug-likeness (QED) is 0.848. The van der Waals surface area contributed by atoms with E-state index in [1.807, 2.05) is 18.4 Å². The van der Waals surface area contributed by atoms with Gasteiger partial charge in [0.25, 0.3) is 5.91 Å². The van der Waals surface area contributed by atoms with Gasteiger partial charge in [-0.05, 0) is 41.5 Å². The minimum atomic E-state index is -0.997. The Hall–Kier alpha value is -1.49. The summed E-state index contributed by atoms with van der Waals surface area (Å²) in [7, 11) is 0. The highest BCUT2D eigenvalue weighted by atomic mass is 32.2. The second kappa shape index (κ2) is 7.50. The minimum absolute atomic E-state index is 0.0248. The lowest BCUT2D eigenvalue weighted by Crippen LogP contribution is -2.41. The lowest BCUT2D eigenvalue weighted by atomic mass is 9.86. The number of carbonyl (C=O) groups is 2. The van der Waals surface area contributed by atoms with E-state index in [1.165, 1.54) is 0 Å². The highest BCUT2D eigenvalue weighted by Gasteiger charge is 2.20. The second-order valence-corrected chi connectivity index (χ2v) is 6.96. The number of benzene rings is 1. The summed E-state index contributed by atoms with van der Waals surface area (Å²) in [5.74, 6) is -0.645. The third kappa shape index (κ3) is 5.42. The van der Waals surface area contributed by atoms with Crippen molar-refractivity contribution in [3.8, 4) is 0 Å². The van der Waals surface area contributed by atoms with E-state index < -0.39 is 12.0 Å². The number of hydrogen-bond donors (Lipinski definition) is 2. The van der Waals surface area contributed by atoms with E-state index in [4.69, 9.17) is 5.11 Å². The summed E-state index contributed by atoms with van der Waals surface area (Å²) in [4.78, 5) is 23.2. The van der Waals surface area contributed by atoms with E-state index in [0.717, 1.165) is 5.56 Å². The Balaban J connectivity index is 2.76. The predicted molar refractivity (Wildman–Crippen MR) is 87.0 cm³/mol. The molecule has 0 aliphatic rings. The minimum Gasteiger partial charge on any atom is -0.480 e. The maximum Gasteiger partial charge on any atom is 0.326 e. The molecule has 1 aromatic carbocycles. The van der Waals surface area contributed by atoms with Gasteiger partial charge in [0, 0.05) is 5.56 Å². The summed E-state index contributed by atoms with van der Waals surface area (Å²) in [5.41, 5.74) is 1.64. The van der Waals surface area contributed by atoms with Crippen LogP contribution in [0, 0.1) is 0 Å². The van der Waals surface area contributed by atoms with E-state index in [0.29, 0.717) is 17.7 Å². The van der Waals surface area contributed by atoms with Crippen molar-refractivity contribution in [3.63, 3.8) is 0 Å². The molecule has 0 fully saturated rings. The number of hydrogen-bond acceptors (Lipinski definition) is 3. The van der Waals surface area contributed by atoms with Gasteiger partial charge in [-0.3, -0.25) is 4.79 Å². The van der Waals surface area contributed by atoms with E-state index in [2.05, 4.69) is 26.1 Å². The summed E-state index contributed by atoms with van der Waals surface area (Å²) < 4.78 is 0. The third-order valence-electron chi connectivity index (χ3n) is 3.23. The Morgan fingerprint density at radius 3 is 2.24 bits per heavy atom. The van der Waals surface area contributed by atoms with Gasteiger partial charge in [-0.2, -0.15) is 11.8 Å². The van der Waals surface area contributed by atoms with Crippen molar-refractivity contribution in [2.75, 3.05) is 12.0 Å². The highest BCUT2D eigenvalue weighted by molar-refractivity contribution is 7.98. The molecule has 0 saturated carbocycles. The first-order valence-electron chi connectivity index (χ1n) is 6.89. The molecule has 1 rings (SSSR count). The van der Waals surface area contributed by atoms with Gasteiger partial charge in [0.2, 0.25) is 0 Å². The molecule has 5 heteroatoms. The molecule has 0 heterocycles. The van der Waals surface area contributed by atoms with Crippen LogP contribution >= 0.6 is 11.8 Å². The summed E-state index contributed by atoms with van der Waals surface area (Å²) in [6.07, 6.45) is 2.33. The first-order chi connectivity index (χ1) is 9.75. The van der Waals surface area contributed by atoms with Crippen molar-refractivity contribution in [2.45, 2.75) is 38.6 Å². The van der Waals surface area contributed by atoms with Crippen molar-refractivity contribution in [1.82, 2.24) is 5.32 Å². The van der Waals surface area contributed by atoms with Gasteiger partial charge >= 0.3 is 5.97 Å². The maximum atomic E-state index is 12.1. The van der Waals surface area contributed by atoms with Gasteiger partial charge in [0.05, 0.1) is 0 Å². The Labute approximate surface area is 130 Å². The predicted octanol–water partition coefficient (Wildman–Crippen LogP) is 2.92. The lowest BCUT2D eigenvalue weighted by Gasteiger charge is -2.19. The summed E-state index contributed by atoms with van der Waals surface area (Å²) in [5, 5.41) is 11.7. The molecule has 0 unspecified atom stereocenters. The van der Waals surface area contributed by atoms with Crippen LogP contribution in [0.4, 0.5) is 0 Å². The molecular formula is C16H23NO3S. The topological polar surface area (TPSA) is 66.4 Å². The zero-order chi connectivity index (χ0) is 16.0. The van der Waals surface area contributed by atoms with Gasteiger partial charge in [0.1, 0.15) is 6.04 Å². The molecule has 2 N–H and O–H groups in total. The van der Waals surface area contributed by atoms with Gasteiger partial charge in [-0.15, -0.1) is 0 Å². The van der Waals surface area contributed by atoms with Crippen LogP contribution < -0.4 is 5.32 Å². The van der Waals surface area contributed by atoms with E-state index in [-0.39, 0.29) is 11.3 Å². The third-order valence-corrected chi connectivity index (χ3v) is 3.87.